The molecule has 2 N–H and O–H groups in total. The first kappa shape index (κ1) is 14.4. The summed E-state index contributed by atoms with van der Waals surface area (Å²) in [6.07, 6.45) is 1.12. The predicted octanol–water partition coefficient (Wildman–Crippen LogP) is 3.42. The van der Waals surface area contributed by atoms with Gasteiger partial charge in [-0.25, -0.2) is 4.98 Å². The van der Waals surface area contributed by atoms with Crippen LogP contribution >= 0.6 is 23.4 Å². The number of nitrogens with zero attached hydrogens (tertiary/aromatic N) is 2. The average molecular weight is 297 g/mol. The molecule has 1 aromatic carbocycles. The Morgan fingerprint density at radius 3 is 2.89 bits per heavy atom. The van der Waals surface area contributed by atoms with Crippen LogP contribution in [-0.2, 0) is 6.54 Å². The zero-order valence-electron chi connectivity index (χ0n) is 11.0. The highest BCUT2D eigenvalue weighted by atomic mass is 35.5. The number of halogens is 1. The summed E-state index contributed by atoms with van der Waals surface area (Å²) in [5.41, 5.74) is 1.12. The predicted molar refractivity (Wildman–Crippen MR) is 78.7 cm³/mol. The van der Waals surface area contributed by atoms with Crippen molar-refractivity contribution in [2.75, 3.05) is 6.54 Å². The molecule has 2 aromatic rings. The van der Waals surface area contributed by atoms with Crippen molar-refractivity contribution in [3.05, 3.63) is 34.6 Å². The lowest BCUT2D eigenvalue weighted by molar-refractivity contribution is 0.675. The zero-order chi connectivity index (χ0) is 13.7. The molecule has 0 bridgehead atoms. The summed E-state index contributed by atoms with van der Waals surface area (Å²) in [5, 5.41) is 11.8. The molecule has 19 heavy (non-hydrogen) atoms. The number of aromatic nitrogens is 3. The fraction of sp³-hybridized carbons (Fsp3) is 0.385. The maximum Gasteiger partial charge on any atom is 0.213 e. The summed E-state index contributed by atoms with van der Waals surface area (Å²) in [7, 11) is 0. The number of benzene rings is 1. The molecule has 2 rings (SSSR count). The molecule has 0 saturated heterocycles. The molecule has 0 unspecified atom stereocenters. The second kappa shape index (κ2) is 6.93. The van der Waals surface area contributed by atoms with E-state index in [1.807, 2.05) is 25.1 Å². The first-order chi connectivity index (χ1) is 9.19. The third-order valence-corrected chi connectivity index (χ3v) is 3.76. The van der Waals surface area contributed by atoms with Crippen molar-refractivity contribution in [3.8, 4) is 0 Å². The van der Waals surface area contributed by atoms with Gasteiger partial charge in [-0.05, 0) is 49.3 Å². The van der Waals surface area contributed by atoms with Crippen LogP contribution in [0.25, 0.3) is 0 Å². The molecule has 1 aromatic heterocycles. The number of rotatable bonds is 6. The summed E-state index contributed by atoms with van der Waals surface area (Å²) in [4.78, 5) is 5.30. The van der Waals surface area contributed by atoms with E-state index in [9.17, 15) is 0 Å². The first-order valence-corrected chi connectivity index (χ1v) is 7.44. The average Bonchev–Trinajstić information content (AvgIpc) is 2.78. The minimum absolute atomic E-state index is 0.713. The lowest BCUT2D eigenvalue weighted by atomic mass is 10.2. The SMILES string of the molecule is CCCNCc1ccc(Sc2n[nH]c(C)n2)cc1Cl. The summed E-state index contributed by atoms with van der Waals surface area (Å²) in [6.45, 7) is 5.83. The summed E-state index contributed by atoms with van der Waals surface area (Å²) < 4.78 is 0. The third-order valence-electron chi connectivity index (χ3n) is 2.55. The molecule has 0 fully saturated rings. The van der Waals surface area contributed by atoms with Gasteiger partial charge in [0.25, 0.3) is 0 Å². The van der Waals surface area contributed by atoms with Crippen LogP contribution in [0.1, 0.15) is 24.7 Å². The minimum atomic E-state index is 0.713. The Hall–Kier alpha value is -1.04. The van der Waals surface area contributed by atoms with Gasteiger partial charge in [-0.15, -0.1) is 5.10 Å². The molecule has 0 atom stereocenters. The maximum atomic E-state index is 6.28. The van der Waals surface area contributed by atoms with E-state index in [1.54, 1.807) is 0 Å². The highest BCUT2D eigenvalue weighted by Crippen LogP contribution is 2.28. The molecule has 0 aliphatic rings. The van der Waals surface area contributed by atoms with Crippen LogP contribution in [0.2, 0.25) is 5.02 Å². The minimum Gasteiger partial charge on any atom is -0.313 e. The molecule has 0 aliphatic carbocycles. The molecular weight excluding hydrogens is 280 g/mol. The highest BCUT2D eigenvalue weighted by Gasteiger charge is 2.06. The molecule has 6 heteroatoms. The van der Waals surface area contributed by atoms with Gasteiger partial charge in [0.2, 0.25) is 5.16 Å². The lowest BCUT2D eigenvalue weighted by Crippen LogP contribution is -2.13. The maximum absolute atomic E-state index is 6.28. The number of hydrogen-bond donors (Lipinski definition) is 2. The van der Waals surface area contributed by atoms with Crippen LogP contribution in [0.5, 0.6) is 0 Å². The van der Waals surface area contributed by atoms with Gasteiger partial charge < -0.3 is 5.32 Å². The third kappa shape index (κ3) is 4.23. The number of H-pyrrole nitrogens is 1. The van der Waals surface area contributed by atoms with Crippen molar-refractivity contribution in [2.24, 2.45) is 0 Å². The van der Waals surface area contributed by atoms with Gasteiger partial charge in [-0.1, -0.05) is 24.6 Å². The van der Waals surface area contributed by atoms with Gasteiger partial charge in [0.1, 0.15) is 5.82 Å². The lowest BCUT2D eigenvalue weighted by Gasteiger charge is -2.07. The van der Waals surface area contributed by atoms with Gasteiger partial charge in [-0.3, -0.25) is 5.10 Å². The van der Waals surface area contributed by atoms with Crippen molar-refractivity contribution in [1.29, 1.82) is 0 Å². The van der Waals surface area contributed by atoms with E-state index >= 15 is 0 Å². The Kier molecular flexibility index (Phi) is 5.24. The Bertz CT molecular complexity index is 541. The van der Waals surface area contributed by atoms with Gasteiger partial charge in [0, 0.05) is 16.5 Å². The van der Waals surface area contributed by atoms with Crippen LogP contribution in [0.15, 0.2) is 28.3 Å². The van der Waals surface area contributed by atoms with Crippen molar-refractivity contribution in [1.82, 2.24) is 20.5 Å². The largest absolute Gasteiger partial charge is 0.313 e. The monoisotopic (exact) mass is 296 g/mol. The van der Waals surface area contributed by atoms with Crippen LogP contribution in [-0.4, -0.2) is 21.7 Å². The molecule has 0 aliphatic heterocycles. The molecule has 0 spiro atoms. The standard InChI is InChI=1S/C13H17ClN4S/c1-3-6-15-8-10-4-5-11(7-12(10)14)19-13-16-9(2)17-18-13/h4-5,7,15H,3,6,8H2,1-2H3,(H,16,17,18). The molecule has 0 saturated carbocycles. The van der Waals surface area contributed by atoms with Crippen LogP contribution in [0, 0.1) is 6.92 Å². The molecule has 4 nitrogen and oxygen atoms in total. The first-order valence-electron chi connectivity index (χ1n) is 6.25. The molecule has 0 radical (unpaired) electrons. The summed E-state index contributed by atoms with van der Waals surface area (Å²) in [5.74, 6) is 0.814. The Morgan fingerprint density at radius 1 is 1.42 bits per heavy atom. The topological polar surface area (TPSA) is 53.6 Å². The molecule has 0 amide bonds. The van der Waals surface area contributed by atoms with Crippen molar-refractivity contribution >= 4 is 23.4 Å². The number of nitrogens with one attached hydrogen (secondary N) is 2. The highest BCUT2D eigenvalue weighted by molar-refractivity contribution is 7.99. The van der Waals surface area contributed by atoms with Crippen molar-refractivity contribution in [3.63, 3.8) is 0 Å². The fourth-order valence-electron chi connectivity index (χ4n) is 1.61. The van der Waals surface area contributed by atoms with E-state index in [0.717, 1.165) is 40.8 Å². The quantitative estimate of drug-likeness (QED) is 0.802. The molecule has 102 valence electrons. The van der Waals surface area contributed by atoms with Crippen LogP contribution < -0.4 is 5.32 Å². The second-order valence-corrected chi connectivity index (χ2v) is 5.68. The Balaban J connectivity index is 2.01. The number of aryl methyl sites for hydroxylation is 1. The zero-order valence-corrected chi connectivity index (χ0v) is 12.6. The normalized spacial score (nSPS) is 10.9. The summed E-state index contributed by atoms with van der Waals surface area (Å²) >= 11 is 7.78. The fourth-order valence-corrected chi connectivity index (χ4v) is 2.72. The number of hydrogen-bond acceptors (Lipinski definition) is 4. The van der Waals surface area contributed by atoms with Crippen molar-refractivity contribution < 1.29 is 0 Å². The van der Waals surface area contributed by atoms with E-state index in [2.05, 4.69) is 27.4 Å². The van der Waals surface area contributed by atoms with E-state index in [4.69, 9.17) is 11.6 Å². The smallest absolute Gasteiger partial charge is 0.213 e. The molecule has 1 heterocycles. The van der Waals surface area contributed by atoms with Gasteiger partial charge in [0.05, 0.1) is 0 Å². The van der Waals surface area contributed by atoms with Gasteiger partial charge in [0.15, 0.2) is 0 Å². The van der Waals surface area contributed by atoms with E-state index in [-0.39, 0.29) is 0 Å². The second-order valence-electron chi connectivity index (χ2n) is 4.24. The van der Waals surface area contributed by atoms with E-state index in [1.165, 1.54) is 11.8 Å². The Labute approximate surface area is 122 Å². The number of aromatic amines is 1. The van der Waals surface area contributed by atoms with E-state index in [0.29, 0.717) is 5.16 Å². The van der Waals surface area contributed by atoms with Gasteiger partial charge in [-0.2, -0.15) is 0 Å². The van der Waals surface area contributed by atoms with E-state index < -0.39 is 0 Å². The molecular formula is C13H17ClN4S. The van der Waals surface area contributed by atoms with Crippen LogP contribution in [0.3, 0.4) is 0 Å². The Morgan fingerprint density at radius 2 is 2.26 bits per heavy atom. The van der Waals surface area contributed by atoms with Crippen LogP contribution in [0.4, 0.5) is 0 Å². The van der Waals surface area contributed by atoms with Gasteiger partial charge >= 0.3 is 0 Å². The summed E-state index contributed by atoms with van der Waals surface area (Å²) in [6, 6.07) is 6.05. The van der Waals surface area contributed by atoms with Crippen molar-refractivity contribution in [2.45, 2.75) is 36.9 Å².